The van der Waals surface area contributed by atoms with E-state index >= 15 is 0 Å². The Kier molecular flexibility index (Phi) is 5.44. The van der Waals surface area contributed by atoms with Gasteiger partial charge in [0, 0.05) is 11.6 Å². The van der Waals surface area contributed by atoms with Crippen LogP contribution in [-0.2, 0) is 11.2 Å². The zero-order valence-corrected chi connectivity index (χ0v) is 17.1. The zero-order valence-electron chi connectivity index (χ0n) is 16.3. The van der Waals surface area contributed by atoms with Crippen LogP contribution in [0.5, 0.6) is 5.75 Å². The molecule has 146 valence electrons. The van der Waals surface area contributed by atoms with Crippen LogP contribution < -0.4 is 10.1 Å². The first-order valence-corrected chi connectivity index (χ1v) is 10.2. The van der Waals surface area contributed by atoms with Crippen molar-refractivity contribution in [2.75, 3.05) is 12.4 Å². The van der Waals surface area contributed by atoms with Crippen LogP contribution in [0.3, 0.4) is 0 Å². The molecule has 1 amide bonds. The molecule has 0 saturated carbocycles. The highest BCUT2D eigenvalue weighted by Crippen LogP contribution is 2.31. The Labute approximate surface area is 173 Å². The second-order valence-electron chi connectivity index (χ2n) is 6.72. The fourth-order valence-corrected chi connectivity index (χ4v) is 3.78. The number of carbonyl (C=O) groups is 1. The summed E-state index contributed by atoms with van der Waals surface area (Å²) in [7, 11) is 1.64. The monoisotopic (exact) mass is 403 g/mol. The SMILES string of the molecule is COc1ccccc1-c1cc(NC(=O)Cc2ccsc2)n(-c2ccc(C)cc2)n1. The number of nitrogens with one attached hydrogen (secondary N) is 1. The molecule has 4 rings (SSSR count). The van der Waals surface area contributed by atoms with Gasteiger partial charge >= 0.3 is 0 Å². The summed E-state index contributed by atoms with van der Waals surface area (Å²) in [5, 5.41) is 11.7. The van der Waals surface area contributed by atoms with E-state index in [1.54, 1.807) is 23.1 Å². The van der Waals surface area contributed by atoms with Gasteiger partial charge in [-0.15, -0.1) is 0 Å². The molecule has 29 heavy (non-hydrogen) atoms. The summed E-state index contributed by atoms with van der Waals surface area (Å²) in [5.74, 6) is 1.27. The van der Waals surface area contributed by atoms with Crippen molar-refractivity contribution in [2.45, 2.75) is 13.3 Å². The Morgan fingerprint density at radius 3 is 2.66 bits per heavy atom. The number of anilines is 1. The topological polar surface area (TPSA) is 56.1 Å². The minimum Gasteiger partial charge on any atom is -0.496 e. The van der Waals surface area contributed by atoms with Crippen molar-refractivity contribution in [2.24, 2.45) is 0 Å². The maximum absolute atomic E-state index is 12.6. The number of rotatable bonds is 6. The van der Waals surface area contributed by atoms with Crippen molar-refractivity contribution >= 4 is 23.1 Å². The van der Waals surface area contributed by atoms with Crippen LogP contribution in [0.1, 0.15) is 11.1 Å². The van der Waals surface area contributed by atoms with Gasteiger partial charge in [-0.1, -0.05) is 29.8 Å². The first-order valence-electron chi connectivity index (χ1n) is 9.25. The first kappa shape index (κ1) is 19.0. The molecule has 5 nitrogen and oxygen atoms in total. The van der Waals surface area contributed by atoms with E-state index < -0.39 is 0 Å². The van der Waals surface area contributed by atoms with E-state index in [2.05, 4.69) is 5.32 Å². The molecule has 2 aromatic heterocycles. The Morgan fingerprint density at radius 1 is 1.14 bits per heavy atom. The lowest BCUT2D eigenvalue weighted by molar-refractivity contribution is -0.115. The van der Waals surface area contributed by atoms with Crippen LogP contribution in [0, 0.1) is 6.92 Å². The highest BCUT2D eigenvalue weighted by molar-refractivity contribution is 7.08. The maximum Gasteiger partial charge on any atom is 0.229 e. The lowest BCUT2D eigenvalue weighted by atomic mass is 10.1. The molecule has 0 saturated heterocycles. The number of ether oxygens (including phenoxy) is 1. The summed E-state index contributed by atoms with van der Waals surface area (Å²) < 4.78 is 7.24. The second kappa shape index (κ2) is 8.32. The van der Waals surface area contributed by atoms with Crippen LogP contribution in [0.25, 0.3) is 16.9 Å². The molecule has 0 aliphatic rings. The third-order valence-corrected chi connectivity index (χ3v) is 5.32. The fraction of sp³-hybridized carbons (Fsp3) is 0.130. The number of benzene rings is 2. The van der Waals surface area contributed by atoms with Gasteiger partial charge in [-0.2, -0.15) is 16.4 Å². The van der Waals surface area contributed by atoms with E-state index in [-0.39, 0.29) is 5.91 Å². The van der Waals surface area contributed by atoms with Crippen LogP contribution in [0.2, 0.25) is 0 Å². The molecule has 6 heteroatoms. The summed E-state index contributed by atoms with van der Waals surface area (Å²) in [6.07, 6.45) is 0.326. The number of methoxy groups -OCH3 is 1. The van der Waals surface area contributed by atoms with Crippen LogP contribution in [0.15, 0.2) is 71.4 Å². The average molecular weight is 404 g/mol. The molecule has 0 atom stereocenters. The number of aromatic nitrogens is 2. The van der Waals surface area contributed by atoms with E-state index in [9.17, 15) is 4.79 Å². The minimum atomic E-state index is -0.0803. The third kappa shape index (κ3) is 4.22. The smallest absolute Gasteiger partial charge is 0.229 e. The molecule has 0 spiro atoms. The van der Waals surface area contributed by atoms with Crippen molar-refractivity contribution in [1.82, 2.24) is 9.78 Å². The number of hydrogen-bond donors (Lipinski definition) is 1. The van der Waals surface area contributed by atoms with E-state index in [0.29, 0.717) is 12.2 Å². The van der Waals surface area contributed by atoms with Gasteiger partial charge in [0.25, 0.3) is 0 Å². The summed E-state index contributed by atoms with van der Waals surface area (Å²) in [5.41, 5.74) is 4.64. The summed E-state index contributed by atoms with van der Waals surface area (Å²) in [6, 6.07) is 19.6. The number of carbonyl (C=O) groups excluding carboxylic acids is 1. The summed E-state index contributed by atoms with van der Waals surface area (Å²) in [6.45, 7) is 2.04. The van der Waals surface area contributed by atoms with Gasteiger partial charge in [0.2, 0.25) is 5.91 Å². The number of nitrogens with zero attached hydrogens (tertiary/aromatic N) is 2. The van der Waals surface area contributed by atoms with E-state index in [0.717, 1.165) is 33.8 Å². The molecular formula is C23H21N3O2S. The van der Waals surface area contributed by atoms with Crippen LogP contribution in [-0.4, -0.2) is 22.8 Å². The minimum absolute atomic E-state index is 0.0803. The van der Waals surface area contributed by atoms with Crippen LogP contribution >= 0.6 is 11.3 Å². The highest BCUT2D eigenvalue weighted by Gasteiger charge is 2.16. The predicted molar refractivity (Wildman–Crippen MR) is 117 cm³/mol. The highest BCUT2D eigenvalue weighted by atomic mass is 32.1. The van der Waals surface area contributed by atoms with E-state index in [1.165, 1.54) is 0 Å². The average Bonchev–Trinajstić information content (AvgIpc) is 3.38. The second-order valence-corrected chi connectivity index (χ2v) is 7.50. The fourth-order valence-electron chi connectivity index (χ4n) is 3.11. The van der Waals surface area contributed by atoms with E-state index in [1.807, 2.05) is 78.3 Å². The van der Waals surface area contributed by atoms with Crippen molar-refractivity contribution in [3.05, 3.63) is 82.6 Å². The molecule has 0 radical (unpaired) electrons. The Hall–Kier alpha value is -3.38. The standard InChI is InChI=1S/C23H21N3O2S/c1-16-7-9-18(10-8-16)26-22(24-23(27)13-17-11-12-29-15-17)14-20(25-26)19-5-3-4-6-21(19)28-2/h3-12,14-15H,13H2,1-2H3,(H,24,27). The number of hydrogen-bond acceptors (Lipinski definition) is 4. The van der Waals surface area contributed by atoms with E-state index in [4.69, 9.17) is 9.84 Å². The Balaban J connectivity index is 1.72. The van der Waals surface area contributed by atoms with Crippen molar-refractivity contribution in [1.29, 1.82) is 0 Å². The van der Waals surface area contributed by atoms with Gasteiger partial charge in [-0.25, -0.2) is 4.68 Å². The molecule has 2 aromatic carbocycles. The van der Waals surface area contributed by atoms with Crippen LogP contribution in [0.4, 0.5) is 5.82 Å². The molecule has 0 bridgehead atoms. The van der Waals surface area contributed by atoms with Crippen molar-refractivity contribution < 1.29 is 9.53 Å². The number of thiophene rings is 1. The van der Waals surface area contributed by atoms with Crippen molar-refractivity contribution in [3.8, 4) is 22.7 Å². The molecule has 2 heterocycles. The normalized spacial score (nSPS) is 10.7. The van der Waals surface area contributed by atoms with Gasteiger partial charge in [0.05, 0.1) is 24.9 Å². The van der Waals surface area contributed by atoms with Gasteiger partial charge in [-0.05, 0) is 53.6 Å². The van der Waals surface area contributed by atoms with Gasteiger partial charge in [0.15, 0.2) is 0 Å². The summed E-state index contributed by atoms with van der Waals surface area (Å²) in [4.78, 5) is 12.6. The quantitative estimate of drug-likeness (QED) is 0.487. The molecule has 0 fully saturated rings. The number of aryl methyl sites for hydroxylation is 1. The maximum atomic E-state index is 12.6. The lowest BCUT2D eigenvalue weighted by Gasteiger charge is -2.09. The molecule has 4 aromatic rings. The molecule has 0 unspecified atom stereocenters. The Morgan fingerprint density at radius 2 is 1.93 bits per heavy atom. The number of para-hydroxylation sites is 1. The molecule has 0 aliphatic carbocycles. The van der Waals surface area contributed by atoms with Gasteiger partial charge in [0.1, 0.15) is 11.6 Å². The zero-order chi connectivity index (χ0) is 20.2. The van der Waals surface area contributed by atoms with Gasteiger partial charge in [-0.3, -0.25) is 4.79 Å². The predicted octanol–water partition coefficient (Wildman–Crippen LogP) is 5.10. The third-order valence-electron chi connectivity index (χ3n) is 4.58. The van der Waals surface area contributed by atoms with Gasteiger partial charge < -0.3 is 10.1 Å². The largest absolute Gasteiger partial charge is 0.496 e. The first-order chi connectivity index (χ1) is 14.1. The molecule has 0 aliphatic heterocycles. The molecule has 1 N–H and O–H groups in total. The molecular weight excluding hydrogens is 382 g/mol. The number of amides is 1. The summed E-state index contributed by atoms with van der Waals surface area (Å²) >= 11 is 1.58. The van der Waals surface area contributed by atoms with Crippen molar-refractivity contribution in [3.63, 3.8) is 0 Å². The lowest BCUT2D eigenvalue weighted by Crippen LogP contribution is -2.16. The Bertz CT molecular complexity index is 1120.